The van der Waals surface area contributed by atoms with Gasteiger partial charge < -0.3 is 15.7 Å². The van der Waals surface area contributed by atoms with Crippen LogP contribution in [-0.2, 0) is 0 Å². The molecule has 3 aromatic rings. The topological polar surface area (TPSA) is 199 Å². The van der Waals surface area contributed by atoms with Crippen molar-refractivity contribution in [2.45, 2.75) is 52.4 Å². The summed E-state index contributed by atoms with van der Waals surface area (Å²) in [4.78, 5) is 44.4. The molecule has 3 rings (SSSR count). The van der Waals surface area contributed by atoms with E-state index in [-0.39, 0.29) is 35.3 Å². The first-order valence-corrected chi connectivity index (χ1v) is 13.6. The van der Waals surface area contributed by atoms with Crippen LogP contribution < -0.4 is 32.5 Å². The number of H-pyrrole nitrogens is 1. The SMILES string of the molecule is C=Cc1nn(-c2cc(C)cc(NC(=O)N(N)CCCCCCNC(=O)Nc3nc(C(C)C)cc(=O)[nH]3)c2[O-])nc1C=C. The summed E-state index contributed by atoms with van der Waals surface area (Å²) in [5.74, 6) is 5.61. The fourth-order valence-electron chi connectivity index (χ4n) is 3.96. The number of aryl methyl sites for hydroxylation is 1. The Morgan fingerprint density at radius 2 is 1.76 bits per heavy atom. The van der Waals surface area contributed by atoms with Gasteiger partial charge in [0, 0.05) is 24.8 Å². The Morgan fingerprint density at radius 3 is 2.40 bits per heavy atom. The molecule has 0 aliphatic carbocycles. The number of hydrogen-bond donors (Lipinski definition) is 5. The maximum Gasteiger partial charge on any atom is 0.335 e. The number of rotatable bonds is 13. The van der Waals surface area contributed by atoms with Gasteiger partial charge in [0.25, 0.3) is 5.56 Å². The van der Waals surface area contributed by atoms with Gasteiger partial charge in [-0.25, -0.2) is 20.4 Å². The average molecular weight is 578 g/mol. The maximum atomic E-state index is 13.1. The van der Waals surface area contributed by atoms with E-state index in [1.54, 1.807) is 19.1 Å². The number of urea groups is 2. The predicted molar refractivity (Wildman–Crippen MR) is 160 cm³/mol. The highest BCUT2D eigenvalue weighted by Crippen LogP contribution is 2.30. The van der Waals surface area contributed by atoms with Crippen LogP contribution in [0.4, 0.5) is 21.2 Å². The minimum atomic E-state index is -0.623. The molecule has 14 nitrogen and oxygen atoms in total. The Bertz CT molecular complexity index is 1470. The molecule has 0 saturated carbocycles. The standard InChI is InChI=1S/C28H38N10O4/c1-6-19-20(7-2)36-38(35-19)23-15-18(5)14-22(25(23)40)32-28(42)37(29)13-11-9-8-10-12-30-27(41)34-26-31-21(17(3)4)16-24(39)33-26/h6-7,14-17,40H,1-2,8-13,29H2,3-5H3,(H,32,42)(H3,30,31,33,34,39,41)/p-1. The molecule has 42 heavy (non-hydrogen) atoms. The van der Waals surface area contributed by atoms with Crippen LogP contribution >= 0.6 is 0 Å². The first-order valence-electron chi connectivity index (χ1n) is 13.6. The maximum absolute atomic E-state index is 13.1. The third kappa shape index (κ3) is 8.51. The molecule has 1 aromatic carbocycles. The van der Waals surface area contributed by atoms with Crippen molar-refractivity contribution in [3.63, 3.8) is 0 Å². The largest absolute Gasteiger partial charge is 0.870 e. The second kappa shape index (κ2) is 14.6. The normalized spacial score (nSPS) is 10.8. The zero-order chi connectivity index (χ0) is 30.8. The van der Waals surface area contributed by atoms with E-state index < -0.39 is 17.8 Å². The quantitative estimate of drug-likeness (QED) is 0.0882. The van der Waals surface area contributed by atoms with E-state index in [4.69, 9.17) is 5.84 Å². The van der Waals surface area contributed by atoms with Crippen LogP contribution in [0.5, 0.6) is 5.75 Å². The number of anilines is 2. The lowest BCUT2D eigenvalue weighted by Crippen LogP contribution is -2.41. The summed E-state index contributed by atoms with van der Waals surface area (Å²) >= 11 is 0. The molecule has 2 aromatic heterocycles. The number of aromatic nitrogens is 5. The number of nitrogens with one attached hydrogen (secondary N) is 4. The molecule has 0 aliphatic heterocycles. The highest BCUT2D eigenvalue weighted by atomic mass is 16.3. The van der Waals surface area contributed by atoms with E-state index in [1.165, 1.54) is 23.0 Å². The van der Waals surface area contributed by atoms with Gasteiger partial charge in [-0.3, -0.25) is 20.1 Å². The number of nitrogens with two attached hydrogens (primary N) is 1. The number of aromatic amines is 1. The molecule has 0 saturated heterocycles. The van der Waals surface area contributed by atoms with Crippen molar-refractivity contribution in [1.82, 2.24) is 35.3 Å². The van der Waals surface area contributed by atoms with Gasteiger partial charge in [0.1, 0.15) is 11.4 Å². The molecule has 0 fully saturated rings. The zero-order valence-corrected chi connectivity index (χ0v) is 24.1. The van der Waals surface area contributed by atoms with Crippen LogP contribution in [0.2, 0.25) is 0 Å². The Balaban J connectivity index is 1.41. The summed E-state index contributed by atoms with van der Waals surface area (Å²) < 4.78 is 0. The van der Waals surface area contributed by atoms with E-state index in [2.05, 4.69) is 49.3 Å². The van der Waals surface area contributed by atoms with Gasteiger partial charge in [-0.2, -0.15) is 4.80 Å². The average Bonchev–Trinajstić information content (AvgIpc) is 3.37. The molecule has 0 bridgehead atoms. The van der Waals surface area contributed by atoms with Crippen LogP contribution in [-0.4, -0.2) is 55.1 Å². The molecule has 6 N–H and O–H groups in total. The van der Waals surface area contributed by atoms with Crippen LogP contribution in [0.1, 0.15) is 68.1 Å². The Morgan fingerprint density at radius 1 is 1.10 bits per heavy atom. The first kappa shape index (κ1) is 31.5. The second-order valence-corrected chi connectivity index (χ2v) is 9.92. The number of benzene rings is 1. The lowest BCUT2D eigenvalue weighted by atomic mass is 10.1. The van der Waals surface area contributed by atoms with Crippen LogP contribution in [0.3, 0.4) is 0 Å². The predicted octanol–water partition coefficient (Wildman–Crippen LogP) is 3.23. The monoisotopic (exact) mass is 577 g/mol. The molecule has 0 aliphatic rings. The molecule has 4 amide bonds. The van der Waals surface area contributed by atoms with Crippen molar-refractivity contribution in [1.29, 1.82) is 0 Å². The van der Waals surface area contributed by atoms with Crippen molar-refractivity contribution in [2.24, 2.45) is 5.84 Å². The second-order valence-electron chi connectivity index (χ2n) is 9.92. The van der Waals surface area contributed by atoms with E-state index in [1.807, 2.05) is 13.8 Å². The number of unbranched alkanes of at least 4 members (excludes halogenated alkanes) is 3. The summed E-state index contributed by atoms with van der Waals surface area (Å²) in [6.07, 6.45) is 5.90. The van der Waals surface area contributed by atoms with E-state index in [9.17, 15) is 19.5 Å². The number of hydrogen-bond acceptors (Lipinski definition) is 8. The van der Waals surface area contributed by atoms with Gasteiger partial charge in [0.05, 0.1) is 11.4 Å². The fraction of sp³-hybridized carbons (Fsp3) is 0.357. The molecule has 224 valence electrons. The number of hydrazine groups is 1. The first-order chi connectivity index (χ1) is 20.0. The molecular weight excluding hydrogens is 540 g/mol. The van der Waals surface area contributed by atoms with Crippen LogP contribution in [0.15, 0.2) is 36.2 Å². The van der Waals surface area contributed by atoms with Gasteiger partial charge in [0.2, 0.25) is 5.95 Å². The molecule has 0 spiro atoms. The van der Waals surface area contributed by atoms with E-state index in [0.29, 0.717) is 36.5 Å². The van der Waals surface area contributed by atoms with Crippen molar-refractivity contribution in [3.05, 3.63) is 64.4 Å². The Labute approximate surface area is 243 Å². The molecule has 0 atom stereocenters. The van der Waals surface area contributed by atoms with Crippen LogP contribution in [0.25, 0.3) is 17.8 Å². The fourth-order valence-corrected chi connectivity index (χ4v) is 3.96. The van der Waals surface area contributed by atoms with Crippen molar-refractivity contribution >= 4 is 35.8 Å². The minimum absolute atomic E-state index is 0.0497. The molecule has 2 heterocycles. The van der Waals surface area contributed by atoms with Gasteiger partial charge in [-0.15, -0.1) is 10.2 Å². The van der Waals surface area contributed by atoms with Gasteiger partial charge in [0.15, 0.2) is 0 Å². The van der Waals surface area contributed by atoms with Crippen LogP contribution in [0, 0.1) is 6.92 Å². The van der Waals surface area contributed by atoms with Crippen molar-refractivity contribution in [2.75, 3.05) is 23.7 Å². The number of nitrogens with zero attached hydrogens (tertiary/aromatic N) is 5. The van der Waals surface area contributed by atoms with Crippen molar-refractivity contribution < 1.29 is 14.7 Å². The molecular formula is C28H37N10O4-. The molecule has 14 heteroatoms. The lowest BCUT2D eigenvalue weighted by molar-refractivity contribution is -0.267. The molecule has 0 unspecified atom stereocenters. The summed E-state index contributed by atoms with van der Waals surface area (Å²) in [7, 11) is 0. The zero-order valence-electron chi connectivity index (χ0n) is 24.1. The van der Waals surface area contributed by atoms with E-state index in [0.717, 1.165) is 23.4 Å². The van der Waals surface area contributed by atoms with Gasteiger partial charge in [-0.1, -0.05) is 45.6 Å². The highest BCUT2D eigenvalue weighted by molar-refractivity contribution is 5.91. The summed E-state index contributed by atoms with van der Waals surface area (Å²) in [6.45, 7) is 13.7. The summed E-state index contributed by atoms with van der Waals surface area (Å²) in [5, 5.41) is 30.4. The summed E-state index contributed by atoms with van der Waals surface area (Å²) in [6, 6.07) is 3.49. The minimum Gasteiger partial charge on any atom is -0.870 e. The number of amides is 4. The Kier molecular flexibility index (Phi) is 11.0. The smallest absolute Gasteiger partial charge is 0.335 e. The third-order valence-corrected chi connectivity index (χ3v) is 6.18. The summed E-state index contributed by atoms with van der Waals surface area (Å²) in [5.41, 5.74) is 2.16. The van der Waals surface area contributed by atoms with Gasteiger partial charge >= 0.3 is 12.1 Å². The lowest BCUT2D eigenvalue weighted by Gasteiger charge is -2.22. The Hall–Kier alpha value is -4.98. The number of carbonyl (C=O) groups excluding carboxylic acids is 2. The third-order valence-electron chi connectivity index (χ3n) is 6.18. The van der Waals surface area contributed by atoms with E-state index >= 15 is 0 Å². The highest BCUT2D eigenvalue weighted by Gasteiger charge is 2.14. The number of carbonyl (C=O) groups is 2. The van der Waals surface area contributed by atoms with Crippen molar-refractivity contribution in [3.8, 4) is 11.4 Å². The van der Waals surface area contributed by atoms with Gasteiger partial charge in [-0.05, 0) is 55.5 Å². The molecule has 0 radical (unpaired) electrons.